The molecule has 20 heavy (non-hydrogen) atoms. The van der Waals surface area contributed by atoms with Crippen LogP contribution in [0.3, 0.4) is 0 Å². The molecule has 1 N–H and O–H groups in total. The van der Waals surface area contributed by atoms with Gasteiger partial charge >= 0.3 is 5.97 Å². The molecule has 5 heteroatoms. The first-order chi connectivity index (χ1) is 9.21. The number of hydrogen-bond acceptors (Lipinski definition) is 3. The topological polar surface area (TPSA) is 68.5 Å². The molecule has 110 valence electrons. The summed E-state index contributed by atoms with van der Waals surface area (Å²) in [4.78, 5) is 23.5. The number of nitrogens with zero attached hydrogens (tertiary/aromatic N) is 1. The highest BCUT2D eigenvalue weighted by Gasteiger charge is 2.32. The fraction of sp³-hybridized carbons (Fsp3) is 0.600. The van der Waals surface area contributed by atoms with E-state index in [1.54, 1.807) is 13.0 Å². The van der Waals surface area contributed by atoms with Gasteiger partial charge < -0.3 is 14.4 Å². The van der Waals surface area contributed by atoms with Gasteiger partial charge in [-0.25, -0.2) is 4.79 Å². The Morgan fingerprint density at radius 2 is 2.15 bits per heavy atom. The minimum Gasteiger partial charge on any atom is -0.477 e. The fourth-order valence-corrected chi connectivity index (χ4v) is 2.82. The Bertz CT molecular complexity index is 601. The van der Waals surface area contributed by atoms with Gasteiger partial charge in [-0.3, -0.25) is 4.79 Å². The summed E-state index contributed by atoms with van der Waals surface area (Å²) >= 11 is 0. The second kappa shape index (κ2) is 5.05. The summed E-state index contributed by atoms with van der Waals surface area (Å²) in [6, 6.07) is 1.74. The van der Waals surface area contributed by atoms with Crippen molar-refractivity contribution in [1.82, 2.24) is 4.57 Å². The van der Waals surface area contributed by atoms with E-state index in [2.05, 4.69) is 0 Å². The van der Waals surface area contributed by atoms with Crippen LogP contribution in [0.2, 0.25) is 0 Å². The number of carboxylic acid groups (broad SMARTS) is 1. The van der Waals surface area contributed by atoms with E-state index in [1.807, 2.05) is 20.8 Å². The van der Waals surface area contributed by atoms with Crippen LogP contribution in [0.15, 0.2) is 10.9 Å². The lowest BCUT2D eigenvalue weighted by Gasteiger charge is -2.21. The Balaban J connectivity index is 2.36. The van der Waals surface area contributed by atoms with E-state index in [9.17, 15) is 9.59 Å². The molecule has 0 aliphatic carbocycles. The molecular formula is C15H21NO4. The largest absolute Gasteiger partial charge is 0.477 e. The number of carboxylic acids is 1. The predicted molar refractivity (Wildman–Crippen MR) is 75.3 cm³/mol. The Morgan fingerprint density at radius 3 is 2.65 bits per heavy atom. The predicted octanol–water partition coefficient (Wildman–Crippen LogP) is 2.12. The SMILES string of the molecule is Cc1cc(C)n(CC2CCC(C)(C)O2)c(=O)c1C(=O)O. The average Bonchev–Trinajstić information content (AvgIpc) is 2.63. The Hall–Kier alpha value is -1.62. The molecule has 2 heterocycles. The number of aryl methyl sites for hydroxylation is 2. The third-order valence-corrected chi connectivity index (χ3v) is 3.86. The number of pyridine rings is 1. The van der Waals surface area contributed by atoms with Gasteiger partial charge in [0.25, 0.3) is 5.56 Å². The van der Waals surface area contributed by atoms with Crippen molar-refractivity contribution in [2.24, 2.45) is 0 Å². The van der Waals surface area contributed by atoms with Crippen LogP contribution < -0.4 is 5.56 Å². The first-order valence-corrected chi connectivity index (χ1v) is 6.83. The second-order valence-electron chi connectivity index (χ2n) is 6.10. The van der Waals surface area contributed by atoms with Crippen molar-refractivity contribution in [2.45, 2.75) is 58.8 Å². The van der Waals surface area contributed by atoms with Crippen LogP contribution in [-0.4, -0.2) is 27.3 Å². The number of carbonyl (C=O) groups is 1. The summed E-state index contributed by atoms with van der Waals surface area (Å²) in [5.74, 6) is -1.17. The van der Waals surface area contributed by atoms with E-state index in [4.69, 9.17) is 9.84 Å². The molecule has 1 aliphatic heterocycles. The van der Waals surface area contributed by atoms with E-state index >= 15 is 0 Å². The lowest BCUT2D eigenvalue weighted by molar-refractivity contribution is -0.0223. The molecule has 0 aromatic carbocycles. The van der Waals surface area contributed by atoms with E-state index in [0.717, 1.165) is 18.5 Å². The molecule has 0 radical (unpaired) electrons. The zero-order valence-electron chi connectivity index (χ0n) is 12.4. The average molecular weight is 279 g/mol. The standard InChI is InChI=1S/C15H21NO4/c1-9-7-10(2)16(13(17)12(9)14(18)19)8-11-5-6-15(3,4)20-11/h7,11H,5-6,8H2,1-4H3,(H,18,19). The van der Waals surface area contributed by atoms with Crippen molar-refractivity contribution < 1.29 is 14.6 Å². The normalized spacial score (nSPS) is 21.1. The van der Waals surface area contributed by atoms with Crippen LogP contribution in [0.25, 0.3) is 0 Å². The first-order valence-electron chi connectivity index (χ1n) is 6.83. The van der Waals surface area contributed by atoms with Crippen molar-refractivity contribution in [1.29, 1.82) is 0 Å². The van der Waals surface area contributed by atoms with Gasteiger partial charge in [-0.2, -0.15) is 0 Å². The van der Waals surface area contributed by atoms with Gasteiger partial charge in [-0.15, -0.1) is 0 Å². The third-order valence-electron chi connectivity index (χ3n) is 3.86. The summed E-state index contributed by atoms with van der Waals surface area (Å²) < 4.78 is 7.40. The second-order valence-corrected chi connectivity index (χ2v) is 6.10. The van der Waals surface area contributed by atoms with Crippen LogP contribution >= 0.6 is 0 Å². The molecule has 5 nitrogen and oxygen atoms in total. The van der Waals surface area contributed by atoms with Crippen molar-refractivity contribution in [3.05, 3.63) is 33.2 Å². The maximum Gasteiger partial charge on any atom is 0.341 e. The van der Waals surface area contributed by atoms with Crippen molar-refractivity contribution in [2.75, 3.05) is 0 Å². The minimum absolute atomic E-state index is 0.0363. The highest BCUT2D eigenvalue weighted by atomic mass is 16.5. The number of rotatable bonds is 3. The van der Waals surface area contributed by atoms with E-state index in [1.165, 1.54) is 4.57 Å². The molecule has 1 aromatic rings. The molecule has 0 spiro atoms. The molecule has 2 rings (SSSR count). The number of aromatic nitrogens is 1. The lowest BCUT2D eigenvalue weighted by atomic mass is 10.1. The monoisotopic (exact) mass is 279 g/mol. The molecule has 1 saturated heterocycles. The zero-order chi connectivity index (χ0) is 15.1. The van der Waals surface area contributed by atoms with Gasteiger partial charge in [-0.05, 0) is 52.2 Å². The van der Waals surface area contributed by atoms with Gasteiger partial charge in [0.15, 0.2) is 0 Å². The van der Waals surface area contributed by atoms with Gasteiger partial charge in [-0.1, -0.05) is 0 Å². The van der Waals surface area contributed by atoms with Crippen LogP contribution in [0.5, 0.6) is 0 Å². The van der Waals surface area contributed by atoms with Gasteiger partial charge in [0, 0.05) is 5.69 Å². The lowest BCUT2D eigenvalue weighted by Crippen LogP contribution is -2.33. The quantitative estimate of drug-likeness (QED) is 0.920. The van der Waals surface area contributed by atoms with E-state index < -0.39 is 11.5 Å². The highest BCUT2D eigenvalue weighted by Crippen LogP contribution is 2.30. The van der Waals surface area contributed by atoms with Crippen LogP contribution in [0, 0.1) is 13.8 Å². The van der Waals surface area contributed by atoms with E-state index in [-0.39, 0.29) is 17.3 Å². The van der Waals surface area contributed by atoms with E-state index in [0.29, 0.717) is 12.1 Å². The maximum absolute atomic E-state index is 12.3. The molecule has 1 aliphatic rings. The minimum atomic E-state index is -1.17. The van der Waals surface area contributed by atoms with Crippen molar-refractivity contribution >= 4 is 5.97 Å². The molecule has 0 amide bonds. The summed E-state index contributed by atoms with van der Waals surface area (Å²) in [5.41, 5.74) is 0.522. The summed E-state index contributed by atoms with van der Waals surface area (Å²) in [5, 5.41) is 9.16. The van der Waals surface area contributed by atoms with Crippen molar-refractivity contribution in [3.8, 4) is 0 Å². The molecule has 0 saturated carbocycles. The maximum atomic E-state index is 12.3. The number of ether oxygens (including phenoxy) is 1. The summed E-state index contributed by atoms with van der Waals surface area (Å²) in [6.45, 7) is 7.94. The van der Waals surface area contributed by atoms with Gasteiger partial charge in [0.1, 0.15) is 5.56 Å². The van der Waals surface area contributed by atoms with Gasteiger partial charge in [0.2, 0.25) is 0 Å². The number of aromatic carboxylic acids is 1. The fourth-order valence-electron chi connectivity index (χ4n) is 2.82. The molecule has 1 aromatic heterocycles. The number of hydrogen-bond donors (Lipinski definition) is 1. The Labute approximate surface area is 118 Å². The van der Waals surface area contributed by atoms with Crippen molar-refractivity contribution in [3.63, 3.8) is 0 Å². The van der Waals surface area contributed by atoms with Gasteiger partial charge in [0.05, 0.1) is 18.2 Å². The smallest absolute Gasteiger partial charge is 0.341 e. The van der Waals surface area contributed by atoms with Crippen LogP contribution in [0.4, 0.5) is 0 Å². The molecule has 1 atom stereocenters. The Morgan fingerprint density at radius 1 is 1.50 bits per heavy atom. The Kier molecular flexibility index (Phi) is 3.73. The molecule has 1 unspecified atom stereocenters. The molecular weight excluding hydrogens is 258 g/mol. The summed E-state index contributed by atoms with van der Waals surface area (Å²) in [6.07, 6.45) is 1.80. The van der Waals surface area contributed by atoms with Crippen LogP contribution in [0.1, 0.15) is 48.3 Å². The van der Waals surface area contributed by atoms with Crippen LogP contribution in [-0.2, 0) is 11.3 Å². The first kappa shape index (κ1) is 14.8. The summed E-state index contributed by atoms with van der Waals surface area (Å²) in [7, 11) is 0. The highest BCUT2D eigenvalue weighted by molar-refractivity contribution is 5.88. The molecule has 0 bridgehead atoms. The molecule has 1 fully saturated rings. The third kappa shape index (κ3) is 2.77. The zero-order valence-corrected chi connectivity index (χ0v) is 12.4.